The van der Waals surface area contributed by atoms with E-state index in [-0.39, 0.29) is 0 Å². The van der Waals surface area contributed by atoms with Crippen molar-refractivity contribution in [3.05, 3.63) is 0 Å². The van der Waals surface area contributed by atoms with Crippen LogP contribution in [0.5, 0.6) is 0 Å². The molecule has 0 saturated heterocycles. The Balaban J connectivity index is 2.10. The molecule has 1 N–H and O–H groups in total. The summed E-state index contributed by atoms with van der Waals surface area (Å²) in [6.07, 6.45) is 2.89. The Morgan fingerprint density at radius 3 is 2.11 bits per heavy atom. The molecule has 0 heterocycles. The van der Waals surface area contributed by atoms with Crippen molar-refractivity contribution in [1.82, 2.24) is 5.32 Å². The van der Waals surface area contributed by atoms with Gasteiger partial charge in [-0.15, -0.1) is 0 Å². The maximum Gasteiger partial charge on any atom is 0.00693 e. The number of hydrogen-bond acceptors (Lipinski definition) is 1. The van der Waals surface area contributed by atoms with Crippen molar-refractivity contribution in [1.29, 1.82) is 0 Å². The van der Waals surface area contributed by atoms with E-state index in [0.717, 1.165) is 12.0 Å². The van der Waals surface area contributed by atoms with E-state index in [1.54, 1.807) is 0 Å². The van der Waals surface area contributed by atoms with Gasteiger partial charge in [-0.25, -0.2) is 0 Å². The maximum absolute atomic E-state index is 3.50. The van der Waals surface area contributed by atoms with Crippen LogP contribution in [0.25, 0.3) is 0 Å². The van der Waals surface area contributed by atoms with Gasteiger partial charge in [-0.3, -0.25) is 0 Å². The Bertz CT molecular complexity index is 84.6. The van der Waals surface area contributed by atoms with Crippen LogP contribution >= 0.6 is 0 Å². The van der Waals surface area contributed by atoms with Gasteiger partial charge in [-0.1, -0.05) is 13.8 Å². The zero-order valence-electron chi connectivity index (χ0n) is 6.65. The van der Waals surface area contributed by atoms with E-state index in [1.165, 1.54) is 12.8 Å². The van der Waals surface area contributed by atoms with Crippen molar-refractivity contribution in [2.24, 2.45) is 5.92 Å². The minimum absolute atomic E-state index is 0.653. The molecule has 0 spiro atoms. The largest absolute Gasteiger partial charge is 0.312 e. The molecule has 0 unspecified atom stereocenters. The number of hydrogen-bond donors (Lipinski definition) is 1. The first-order chi connectivity index (χ1) is 4.20. The molecule has 0 aromatic carbocycles. The van der Waals surface area contributed by atoms with Gasteiger partial charge in [0.25, 0.3) is 0 Å². The van der Waals surface area contributed by atoms with Gasteiger partial charge in [0.1, 0.15) is 0 Å². The molecule has 1 heteroatoms. The summed E-state index contributed by atoms with van der Waals surface area (Å²) in [5, 5.41) is 3.50. The van der Waals surface area contributed by atoms with Gasteiger partial charge in [-0.05, 0) is 25.7 Å². The van der Waals surface area contributed by atoms with Gasteiger partial charge in [-0.2, -0.15) is 0 Å². The first kappa shape index (κ1) is 7.07. The lowest BCUT2D eigenvalue weighted by molar-refractivity contribution is 0.450. The predicted octanol–water partition coefficient (Wildman–Crippen LogP) is 1.78. The van der Waals surface area contributed by atoms with Crippen molar-refractivity contribution in [2.45, 2.75) is 45.7 Å². The minimum Gasteiger partial charge on any atom is -0.312 e. The molecule has 1 aliphatic rings. The topological polar surface area (TPSA) is 12.0 Å². The summed E-state index contributed by atoms with van der Waals surface area (Å²) >= 11 is 0. The molecule has 1 saturated carbocycles. The molecule has 1 nitrogen and oxygen atoms in total. The third-order valence-electron chi connectivity index (χ3n) is 1.93. The van der Waals surface area contributed by atoms with Crippen molar-refractivity contribution >= 4 is 0 Å². The molecule has 1 rings (SSSR count). The van der Waals surface area contributed by atoms with Crippen molar-refractivity contribution in [3.8, 4) is 0 Å². The lowest BCUT2D eigenvalue weighted by atomic mass is 10.2. The highest BCUT2D eigenvalue weighted by molar-refractivity contribution is 4.83. The van der Waals surface area contributed by atoms with Crippen LogP contribution in [-0.4, -0.2) is 12.1 Å². The van der Waals surface area contributed by atoms with Crippen LogP contribution in [0.1, 0.15) is 33.6 Å². The Morgan fingerprint density at radius 2 is 1.78 bits per heavy atom. The summed E-state index contributed by atoms with van der Waals surface area (Å²) < 4.78 is 0. The quantitative estimate of drug-likeness (QED) is 0.609. The summed E-state index contributed by atoms with van der Waals surface area (Å²) in [6, 6.07) is 1.41. The van der Waals surface area contributed by atoms with Crippen LogP contribution in [-0.2, 0) is 0 Å². The lowest BCUT2D eigenvalue weighted by Crippen LogP contribution is -2.33. The zero-order chi connectivity index (χ0) is 6.85. The fourth-order valence-electron chi connectivity index (χ4n) is 1.26. The van der Waals surface area contributed by atoms with Crippen LogP contribution in [0.15, 0.2) is 0 Å². The standard InChI is InChI=1S/C8H17N/c1-6(2)9-7(3)8-4-5-8/h6-9H,4-5H2,1-3H3/t7-/m0/s1. The average molecular weight is 127 g/mol. The predicted molar refractivity (Wildman–Crippen MR) is 40.5 cm³/mol. The Kier molecular flexibility index (Phi) is 2.12. The maximum atomic E-state index is 3.50. The van der Waals surface area contributed by atoms with E-state index >= 15 is 0 Å². The third-order valence-corrected chi connectivity index (χ3v) is 1.93. The highest BCUT2D eigenvalue weighted by atomic mass is 14.9. The van der Waals surface area contributed by atoms with Gasteiger partial charge < -0.3 is 5.32 Å². The summed E-state index contributed by atoms with van der Waals surface area (Å²) in [4.78, 5) is 0. The van der Waals surface area contributed by atoms with Gasteiger partial charge in [0, 0.05) is 12.1 Å². The van der Waals surface area contributed by atoms with E-state index in [9.17, 15) is 0 Å². The van der Waals surface area contributed by atoms with Crippen LogP contribution in [0.4, 0.5) is 0 Å². The summed E-state index contributed by atoms with van der Waals surface area (Å²) in [6.45, 7) is 6.70. The van der Waals surface area contributed by atoms with Crippen molar-refractivity contribution in [3.63, 3.8) is 0 Å². The van der Waals surface area contributed by atoms with Crippen LogP contribution in [0.3, 0.4) is 0 Å². The van der Waals surface area contributed by atoms with Gasteiger partial charge in [0.15, 0.2) is 0 Å². The normalized spacial score (nSPS) is 22.7. The molecule has 1 atom stereocenters. The highest BCUT2D eigenvalue weighted by Crippen LogP contribution is 2.32. The van der Waals surface area contributed by atoms with E-state index in [0.29, 0.717) is 6.04 Å². The van der Waals surface area contributed by atoms with Crippen LogP contribution in [0.2, 0.25) is 0 Å². The molecule has 1 fully saturated rings. The molecular formula is C8H17N. The Labute approximate surface area is 57.8 Å². The molecule has 0 amide bonds. The fraction of sp³-hybridized carbons (Fsp3) is 1.00. The molecule has 0 aromatic rings. The fourth-order valence-corrected chi connectivity index (χ4v) is 1.26. The first-order valence-electron chi connectivity index (χ1n) is 3.96. The molecule has 1 aliphatic carbocycles. The Hall–Kier alpha value is -0.0400. The SMILES string of the molecule is CC(C)N[C@@H](C)C1CC1. The molecular weight excluding hydrogens is 110 g/mol. The number of nitrogens with one attached hydrogen (secondary N) is 1. The van der Waals surface area contributed by atoms with Gasteiger partial charge in [0.2, 0.25) is 0 Å². The van der Waals surface area contributed by atoms with E-state index < -0.39 is 0 Å². The highest BCUT2D eigenvalue weighted by Gasteiger charge is 2.27. The zero-order valence-corrected chi connectivity index (χ0v) is 6.65. The molecule has 0 radical (unpaired) electrons. The lowest BCUT2D eigenvalue weighted by Gasteiger charge is -2.15. The molecule has 0 aliphatic heterocycles. The van der Waals surface area contributed by atoms with E-state index in [2.05, 4.69) is 26.1 Å². The first-order valence-corrected chi connectivity index (χ1v) is 3.96. The smallest absolute Gasteiger partial charge is 0.00693 e. The second kappa shape index (κ2) is 2.70. The molecule has 9 heavy (non-hydrogen) atoms. The van der Waals surface area contributed by atoms with Crippen molar-refractivity contribution in [2.75, 3.05) is 0 Å². The average Bonchev–Trinajstić information content (AvgIpc) is 2.40. The third kappa shape index (κ3) is 2.35. The minimum atomic E-state index is 0.653. The van der Waals surface area contributed by atoms with E-state index in [1.807, 2.05) is 0 Å². The Morgan fingerprint density at radius 1 is 1.22 bits per heavy atom. The summed E-state index contributed by atoms with van der Waals surface area (Å²) in [5.41, 5.74) is 0. The second-order valence-corrected chi connectivity index (χ2v) is 3.45. The summed E-state index contributed by atoms with van der Waals surface area (Å²) in [7, 11) is 0. The summed E-state index contributed by atoms with van der Waals surface area (Å²) in [5.74, 6) is 0.993. The van der Waals surface area contributed by atoms with E-state index in [4.69, 9.17) is 0 Å². The number of rotatable bonds is 3. The second-order valence-electron chi connectivity index (χ2n) is 3.45. The molecule has 0 aromatic heterocycles. The molecule has 0 bridgehead atoms. The van der Waals surface area contributed by atoms with Crippen LogP contribution in [0, 0.1) is 5.92 Å². The van der Waals surface area contributed by atoms with Crippen LogP contribution < -0.4 is 5.32 Å². The molecule has 54 valence electrons. The van der Waals surface area contributed by atoms with Crippen molar-refractivity contribution < 1.29 is 0 Å². The van der Waals surface area contributed by atoms with Gasteiger partial charge >= 0.3 is 0 Å². The van der Waals surface area contributed by atoms with Gasteiger partial charge in [0.05, 0.1) is 0 Å². The monoisotopic (exact) mass is 127 g/mol.